The van der Waals surface area contributed by atoms with E-state index in [2.05, 4.69) is 38.1 Å². The van der Waals surface area contributed by atoms with Crippen LogP contribution in [0.1, 0.15) is 57.2 Å². The number of halogens is 1. The smallest absolute Gasteiger partial charge is 0.135 e. The molecule has 2 fully saturated rings. The molecule has 1 N–H and O–H groups in total. The summed E-state index contributed by atoms with van der Waals surface area (Å²) in [7, 11) is 0. The minimum absolute atomic E-state index is 0.456. The minimum Gasteiger partial charge on any atom is -0.369 e. The lowest BCUT2D eigenvalue weighted by atomic mass is 9.89. The van der Waals surface area contributed by atoms with Crippen LogP contribution in [0.15, 0.2) is 10.7 Å². The first-order valence-corrected chi connectivity index (χ1v) is 7.72. The number of hydrogen-bond donors (Lipinski definition) is 1. The first kappa shape index (κ1) is 12.4. The van der Waals surface area contributed by atoms with E-state index < -0.39 is 0 Å². The number of aromatic nitrogens is 2. The van der Waals surface area contributed by atoms with Gasteiger partial charge in [0.05, 0.1) is 0 Å². The quantitative estimate of drug-likeness (QED) is 0.851. The van der Waals surface area contributed by atoms with Gasteiger partial charge < -0.3 is 5.32 Å². The molecule has 0 amide bonds. The molecule has 98 valence electrons. The van der Waals surface area contributed by atoms with E-state index >= 15 is 0 Å². The summed E-state index contributed by atoms with van der Waals surface area (Å²) >= 11 is 3.48. The average Bonchev–Trinajstić information content (AvgIpc) is 3.10. The van der Waals surface area contributed by atoms with E-state index in [9.17, 15) is 0 Å². The van der Waals surface area contributed by atoms with Crippen molar-refractivity contribution in [3.05, 3.63) is 16.5 Å². The first-order valence-electron chi connectivity index (χ1n) is 6.93. The standard InChI is InChI=1S/C14H20BrN3/c1-14(6-2-3-7-14)9-16-12-8-11(15)17-13(18-12)10-4-5-10/h8,10H,2-7,9H2,1H3,(H,16,17,18). The van der Waals surface area contributed by atoms with Crippen LogP contribution in [0, 0.1) is 5.41 Å². The van der Waals surface area contributed by atoms with Crippen molar-refractivity contribution in [2.24, 2.45) is 5.41 Å². The van der Waals surface area contributed by atoms with Gasteiger partial charge >= 0.3 is 0 Å². The third-order valence-electron chi connectivity index (χ3n) is 4.16. The van der Waals surface area contributed by atoms with Crippen LogP contribution < -0.4 is 5.32 Å². The van der Waals surface area contributed by atoms with Gasteiger partial charge in [-0.15, -0.1) is 0 Å². The average molecular weight is 310 g/mol. The number of rotatable bonds is 4. The molecule has 2 aliphatic rings. The highest BCUT2D eigenvalue weighted by molar-refractivity contribution is 9.10. The predicted molar refractivity (Wildman–Crippen MR) is 76.8 cm³/mol. The summed E-state index contributed by atoms with van der Waals surface area (Å²) in [5.41, 5.74) is 0.456. The Hall–Kier alpha value is -0.640. The lowest BCUT2D eigenvalue weighted by Crippen LogP contribution is -2.23. The van der Waals surface area contributed by atoms with Crippen LogP contribution in [0.5, 0.6) is 0 Å². The van der Waals surface area contributed by atoms with E-state index in [1.165, 1.54) is 38.5 Å². The molecule has 1 aromatic rings. The molecule has 3 rings (SSSR count). The van der Waals surface area contributed by atoms with Gasteiger partial charge in [-0.2, -0.15) is 0 Å². The van der Waals surface area contributed by atoms with Crippen molar-refractivity contribution in [2.75, 3.05) is 11.9 Å². The zero-order valence-electron chi connectivity index (χ0n) is 10.9. The molecule has 1 aromatic heterocycles. The molecule has 3 nitrogen and oxygen atoms in total. The second-order valence-corrected chi connectivity index (χ2v) is 6.89. The van der Waals surface area contributed by atoms with Crippen LogP contribution >= 0.6 is 15.9 Å². The normalized spacial score (nSPS) is 22.1. The zero-order chi connectivity index (χ0) is 12.6. The van der Waals surface area contributed by atoms with Gasteiger partial charge in [0.15, 0.2) is 0 Å². The Labute approximate surface area is 117 Å². The van der Waals surface area contributed by atoms with Crippen LogP contribution in [0.4, 0.5) is 5.82 Å². The second kappa shape index (κ2) is 4.80. The molecule has 0 spiro atoms. The lowest BCUT2D eigenvalue weighted by molar-refractivity contribution is 0.361. The Morgan fingerprint density at radius 1 is 1.33 bits per heavy atom. The number of nitrogens with zero attached hydrogens (tertiary/aromatic N) is 2. The summed E-state index contributed by atoms with van der Waals surface area (Å²) in [4.78, 5) is 9.09. The van der Waals surface area contributed by atoms with Gasteiger partial charge in [0.25, 0.3) is 0 Å². The van der Waals surface area contributed by atoms with Crippen LogP contribution in [0.25, 0.3) is 0 Å². The van der Waals surface area contributed by atoms with Crippen LogP contribution in [-0.4, -0.2) is 16.5 Å². The van der Waals surface area contributed by atoms with Gasteiger partial charge in [-0.25, -0.2) is 9.97 Å². The molecule has 1 heterocycles. The fourth-order valence-corrected chi connectivity index (χ4v) is 3.16. The van der Waals surface area contributed by atoms with Crippen molar-refractivity contribution < 1.29 is 0 Å². The Kier molecular flexibility index (Phi) is 3.31. The highest BCUT2D eigenvalue weighted by atomic mass is 79.9. The Morgan fingerprint density at radius 3 is 2.72 bits per heavy atom. The summed E-state index contributed by atoms with van der Waals surface area (Å²) < 4.78 is 0.901. The molecule has 4 heteroatoms. The van der Waals surface area contributed by atoms with Crippen molar-refractivity contribution >= 4 is 21.7 Å². The predicted octanol–water partition coefficient (Wildman–Crippen LogP) is 4.11. The van der Waals surface area contributed by atoms with E-state index in [1.807, 2.05) is 6.07 Å². The summed E-state index contributed by atoms with van der Waals surface area (Å²) in [6.45, 7) is 3.41. The third kappa shape index (κ3) is 2.85. The topological polar surface area (TPSA) is 37.8 Å². The molecular formula is C14H20BrN3. The lowest BCUT2D eigenvalue weighted by Gasteiger charge is -2.24. The van der Waals surface area contributed by atoms with Gasteiger partial charge in [0.2, 0.25) is 0 Å². The largest absolute Gasteiger partial charge is 0.369 e. The summed E-state index contributed by atoms with van der Waals surface area (Å²) in [6.07, 6.45) is 7.91. The number of hydrogen-bond acceptors (Lipinski definition) is 3. The molecule has 0 saturated heterocycles. The molecule has 0 unspecified atom stereocenters. The minimum atomic E-state index is 0.456. The molecule has 0 bridgehead atoms. The Balaban J connectivity index is 1.68. The SMILES string of the molecule is CC1(CNc2cc(Br)nc(C3CC3)n2)CCCC1. The maximum atomic E-state index is 4.64. The van der Waals surface area contributed by atoms with Crippen LogP contribution in [0.3, 0.4) is 0 Å². The molecular weight excluding hydrogens is 290 g/mol. The van der Waals surface area contributed by atoms with Crippen molar-refractivity contribution in [3.8, 4) is 0 Å². The fraction of sp³-hybridized carbons (Fsp3) is 0.714. The van der Waals surface area contributed by atoms with E-state index in [0.717, 1.165) is 22.8 Å². The Morgan fingerprint density at radius 2 is 2.06 bits per heavy atom. The molecule has 0 aromatic carbocycles. The van der Waals surface area contributed by atoms with Gasteiger partial charge in [-0.05, 0) is 47.0 Å². The van der Waals surface area contributed by atoms with Gasteiger partial charge in [0, 0.05) is 18.5 Å². The summed E-state index contributed by atoms with van der Waals surface area (Å²) in [5, 5.41) is 3.51. The maximum absolute atomic E-state index is 4.64. The maximum Gasteiger partial charge on any atom is 0.135 e. The van der Waals surface area contributed by atoms with Gasteiger partial charge in [0.1, 0.15) is 16.2 Å². The zero-order valence-corrected chi connectivity index (χ0v) is 12.5. The van der Waals surface area contributed by atoms with Crippen molar-refractivity contribution in [3.63, 3.8) is 0 Å². The molecule has 18 heavy (non-hydrogen) atoms. The van der Waals surface area contributed by atoms with E-state index in [4.69, 9.17) is 0 Å². The molecule has 2 aliphatic carbocycles. The summed E-state index contributed by atoms with van der Waals surface area (Å²) in [6, 6.07) is 1.99. The highest BCUT2D eigenvalue weighted by Crippen LogP contribution is 2.39. The number of nitrogens with one attached hydrogen (secondary N) is 1. The molecule has 2 saturated carbocycles. The van der Waals surface area contributed by atoms with E-state index in [0.29, 0.717) is 11.3 Å². The first-order chi connectivity index (χ1) is 8.65. The number of anilines is 1. The second-order valence-electron chi connectivity index (χ2n) is 6.08. The van der Waals surface area contributed by atoms with Gasteiger partial charge in [-0.3, -0.25) is 0 Å². The fourth-order valence-electron chi connectivity index (χ4n) is 2.76. The van der Waals surface area contributed by atoms with Crippen LogP contribution in [-0.2, 0) is 0 Å². The van der Waals surface area contributed by atoms with Crippen molar-refractivity contribution in [1.29, 1.82) is 0 Å². The Bertz CT molecular complexity index is 437. The van der Waals surface area contributed by atoms with Gasteiger partial charge in [-0.1, -0.05) is 19.8 Å². The molecule has 0 atom stereocenters. The van der Waals surface area contributed by atoms with Crippen molar-refractivity contribution in [1.82, 2.24) is 9.97 Å². The van der Waals surface area contributed by atoms with E-state index in [-0.39, 0.29) is 0 Å². The van der Waals surface area contributed by atoms with E-state index in [1.54, 1.807) is 0 Å². The molecule has 0 aliphatic heterocycles. The third-order valence-corrected chi connectivity index (χ3v) is 4.57. The highest BCUT2D eigenvalue weighted by Gasteiger charge is 2.29. The van der Waals surface area contributed by atoms with Crippen molar-refractivity contribution in [2.45, 2.75) is 51.4 Å². The monoisotopic (exact) mass is 309 g/mol. The summed E-state index contributed by atoms with van der Waals surface area (Å²) in [5.74, 6) is 2.58. The molecule has 0 radical (unpaired) electrons. The van der Waals surface area contributed by atoms with Crippen LogP contribution in [0.2, 0.25) is 0 Å².